The Bertz CT molecular complexity index is 737. The monoisotopic (exact) mass is 582 g/mol. The first kappa shape index (κ1) is 38.9. The van der Waals surface area contributed by atoms with Crippen LogP contribution < -0.4 is 10.4 Å². The van der Waals surface area contributed by atoms with Crippen LogP contribution in [-0.4, -0.2) is 41.1 Å². The first-order valence-electron chi connectivity index (χ1n) is 16.1. The maximum absolute atomic E-state index is 12.3. The number of ether oxygens (including phenoxy) is 2. The predicted molar refractivity (Wildman–Crippen MR) is 161 cm³/mol. The van der Waals surface area contributed by atoms with Crippen LogP contribution in [0.1, 0.15) is 170 Å². The van der Waals surface area contributed by atoms with E-state index in [2.05, 4.69) is 5.32 Å². The van der Waals surface area contributed by atoms with E-state index in [-0.39, 0.29) is 30.3 Å². The van der Waals surface area contributed by atoms with Gasteiger partial charge in [-0.1, -0.05) is 89.9 Å². The van der Waals surface area contributed by atoms with E-state index in [1.807, 2.05) is 20.8 Å². The zero-order valence-corrected chi connectivity index (χ0v) is 27.1. The molecule has 0 aliphatic heterocycles. The Kier molecular flexibility index (Phi) is 21.3. The number of nitrogens with one attached hydrogen (secondary N) is 1. The number of unbranched alkanes of at least 4 members (excludes halogenated alkanes) is 15. The van der Waals surface area contributed by atoms with Gasteiger partial charge >= 0.3 is 11.9 Å². The molecule has 240 valence electrons. The SMILES string of the molecule is CC(C)(C)OC(=O)CCCCCCCCCCCCCCCCCCC(=O)NC(CCC(=O)[O-])C(=O)OC(C)(C)C. The molecule has 8 heteroatoms. The highest BCUT2D eigenvalue weighted by Gasteiger charge is 2.26. The number of carboxylic acid groups (broad SMARTS) is 1. The zero-order valence-electron chi connectivity index (χ0n) is 27.1. The summed E-state index contributed by atoms with van der Waals surface area (Å²) in [6.07, 6.45) is 19.2. The number of carbonyl (C=O) groups is 4. The second-order valence-corrected chi connectivity index (χ2v) is 13.3. The summed E-state index contributed by atoms with van der Waals surface area (Å²) in [5, 5.41) is 13.4. The zero-order chi connectivity index (χ0) is 31.2. The van der Waals surface area contributed by atoms with E-state index in [0.29, 0.717) is 12.8 Å². The van der Waals surface area contributed by atoms with Crippen molar-refractivity contribution in [1.29, 1.82) is 0 Å². The van der Waals surface area contributed by atoms with Gasteiger partial charge in [0.2, 0.25) is 5.91 Å². The molecule has 0 aromatic heterocycles. The van der Waals surface area contributed by atoms with Crippen molar-refractivity contribution in [2.24, 2.45) is 0 Å². The molecule has 0 saturated heterocycles. The number of amides is 1. The molecule has 0 aliphatic rings. The predicted octanol–water partition coefficient (Wildman–Crippen LogP) is 6.71. The Morgan fingerprint density at radius 1 is 0.561 bits per heavy atom. The average molecular weight is 583 g/mol. The summed E-state index contributed by atoms with van der Waals surface area (Å²) in [5.74, 6) is -2.21. The summed E-state index contributed by atoms with van der Waals surface area (Å²) in [7, 11) is 0. The minimum absolute atomic E-state index is 0.0400. The molecule has 1 unspecified atom stereocenters. The van der Waals surface area contributed by atoms with Gasteiger partial charge in [0.05, 0.1) is 0 Å². The van der Waals surface area contributed by atoms with E-state index in [1.165, 1.54) is 70.6 Å². The topological polar surface area (TPSA) is 122 Å². The molecule has 0 saturated carbocycles. The van der Waals surface area contributed by atoms with Gasteiger partial charge in [0.1, 0.15) is 17.2 Å². The van der Waals surface area contributed by atoms with Gasteiger partial charge in [-0.2, -0.15) is 0 Å². The molecule has 0 aliphatic carbocycles. The number of carbonyl (C=O) groups excluding carboxylic acids is 4. The summed E-state index contributed by atoms with van der Waals surface area (Å²) < 4.78 is 10.6. The molecule has 0 heterocycles. The summed E-state index contributed by atoms with van der Waals surface area (Å²) in [6.45, 7) is 10.9. The van der Waals surface area contributed by atoms with Gasteiger partial charge in [-0.05, 0) is 67.2 Å². The third-order valence-electron chi connectivity index (χ3n) is 6.62. The van der Waals surface area contributed by atoms with Gasteiger partial charge in [0.25, 0.3) is 0 Å². The fraction of sp³-hybridized carbons (Fsp3) is 0.879. The fourth-order valence-corrected chi connectivity index (χ4v) is 4.57. The maximum Gasteiger partial charge on any atom is 0.329 e. The van der Waals surface area contributed by atoms with Crippen molar-refractivity contribution < 1.29 is 33.8 Å². The summed E-state index contributed by atoms with van der Waals surface area (Å²) in [4.78, 5) is 47.1. The smallest absolute Gasteiger partial charge is 0.329 e. The lowest BCUT2D eigenvalue weighted by Gasteiger charge is -2.24. The van der Waals surface area contributed by atoms with Crippen molar-refractivity contribution >= 4 is 23.8 Å². The van der Waals surface area contributed by atoms with Gasteiger partial charge in [0, 0.05) is 18.8 Å². The van der Waals surface area contributed by atoms with Crippen LogP contribution in [0.2, 0.25) is 0 Å². The van der Waals surface area contributed by atoms with Gasteiger partial charge < -0.3 is 24.7 Å². The average Bonchev–Trinajstić information content (AvgIpc) is 2.83. The Hall–Kier alpha value is -2.12. The number of aliphatic carboxylic acids is 1. The van der Waals surface area contributed by atoms with Crippen molar-refractivity contribution in [3.63, 3.8) is 0 Å². The summed E-state index contributed by atoms with van der Waals surface area (Å²) in [5.41, 5.74) is -1.10. The molecule has 0 bridgehead atoms. The summed E-state index contributed by atoms with van der Waals surface area (Å²) in [6, 6.07) is -0.970. The molecular weight excluding hydrogens is 522 g/mol. The van der Waals surface area contributed by atoms with Crippen LogP contribution in [0.3, 0.4) is 0 Å². The van der Waals surface area contributed by atoms with E-state index < -0.39 is 23.6 Å². The number of hydrogen-bond acceptors (Lipinski definition) is 7. The minimum Gasteiger partial charge on any atom is -0.550 e. The molecule has 0 fully saturated rings. The molecule has 0 aromatic carbocycles. The highest BCUT2D eigenvalue weighted by molar-refractivity contribution is 5.85. The molecule has 8 nitrogen and oxygen atoms in total. The van der Waals surface area contributed by atoms with E-state index >= 15 is 0 Å². The fourth-order valence-electron chi connectivity index (χ4n) is 4.57. The van der Waals surface area contributed by atoms with E-state index in [4.69, 9.17) is 9.47 Å². The Labute approximate surface area is 250 Å². The quantitative estimate of drug-likeness (QED) is 0.0992. The van der Waals surface area contributed by atoms with E-state index in [1.54, 1.807) is 20.8 Å². The van der Waals surface area contributed by atoms with Gasteiger partial charge in [-0.15, -0.1) is 0 Å². The van der Waals surface area contributed by atoms with Gasteiger partial charge in [0.15, 0.2) is 0 Å². The summed E-state index contributed by atoms with van der Waals surface area (Å²) >= 11 is 0. The van der Waals surface area contributed by atoms with Gasteiger partial charge in [-0.3, -0.25) is 9.59 Å². The molecule has 0 radical (unpaired) electrons. The number of carboxylic acids is 1. The standard InChI is InChI=1S/C33H61NO7/c1-32(2,3)40-30(38)24-22-20-18-16-14-12-10-8-7-9-11-13-15-17-19-21-23-28(35)34-27(25-26-29(36)37)31(39)41-33(4,5)6/h27H,7-26H2,1-6H3,(H,34,35)(H,36,37)/p-1. The van der Waals surface area contributed by atoms with Crippen LogP contribution >= 0.6 is 0 Å². The minimum atomic E-state index is -1.26. The third-order valence-corrected chi connectivity index (χ3v) is 6.62. The molecule has 1 amide bonds. The largest absolute Gasteiger partial charge is 0.550 e. The van der Waals surface area contributed by atoms with Crippen molar-refractivity contribution in [2.75, 3.05) is 0 Å². The first-order valence-corrected chi connectivity index (χ1v) is 16.1. The van der Waals surface area contributed by atoms with Crippen LogP contribution in [0.5, 0.6) is 0 Å². The lowest BCUT2D eigenvalue weighted by molar-refractivity contribution is -0.305. The van der Waals surface area contributed by atoms with Crippen LogP contribution in [-0.2, 0) is 28.7 Å². The molecule has 1 atom stereocenters. The van der Waals surface area contributed by atoms with Crippen LogP contribution in [0.4, 0.5) is 0 Å². The second kappa shape index (κ2) is 22.5. The van der Waals surface area contributed by atoms with Crippen LogP contribution in [0.25, 0.3) is 0 Å². The van der Waals surface area contributed by atoms with Crippen LogP contribution in [0, 0.1) is 0 Å². The maximum atomic E-state index is 12.3. The Morgan fingerprint density at radius 2 is 0.927 bits per heavy atom. The normalized spacial score (nSPS) is 12.5. The highest BCUT2D eigenvalue weighted by Crippen LogP contribution is 2.16. The molecule has 0 aromatic rings. The van der Waals surface area contributed by atoms with Crippen molar-refractivity contribution in [3.8, 4) is 0 Å². The van der Waals surface area contributed by atoms with Gasteiger partial charge in [-0.25, -0.2) is 4.79 Å². The molecule has 41 heavy (non-hydrogen) atoms. The molecular formula is C33H60NO7-. The first-order chi connectivity index (χ1) is 19.2. The number of rotatable bonds is 24. The second-order valence-electron chi connectivity index (χ2n) is 13.3. The molecule has 0 spiro atoms. The third kappa shape index (κ3) is 27.8. The van der Waals surface area contributed by atoms with Crippen LogP contribution in [0.15, 0.2) is 0 Å². The van der Waals surface area contributed by atoms with Crippen molar-refractivity contribution in [3.05, 3.63) is 0 Å². The van der Waals surface area contributed by atoms with E-state index in [9.17, 15) is 24.3 Å². The van der Waals surface area contributed by atoms with Crippen molar-refractivity contribution in [2.45, 2.75) is 187 Å². The molecule has 0 rings (SSSR count). The Balaban J connectivity index is 3.64. The molecule has 1 N–H and O–H groups in total. The lowest BCUT2D eigenvalue weighted by atomic mass is 10.0. The number of hydrogen-bond donors (Lipinski definition) is 1. The Morgan fingerprint density at radius 3 is 1.29 bits per heavy atom. The van der Waals surface area contributed by atoms with Crippen molar-refractivity contribution in [1.82, 2.24) is 5.32 Å². The highest BCUT2D eigenvalue weighted by atomic mass is 16.6. The van der Waals surface area contributed by atoms with E-state index in [0.717, 1.165) is 32.1 Å². The number of esters is 2. The lowest BCUT2D eigenvalue weighted by Crippen LogP contribution is -2.44.